The number of nitrogens with one attached hydrogen (secondary N) is 1. The van der Waals surface area contributed by atoms with Crippen molar-refractivity contribution in [1.82, 2.24) is 10.2 Å². The van der Waals surface area contributed by atoms with Gasteiger partial charge in [-0.15, -0.1) is 0 Å². The molecule has 0 radical (unpaired) electrons. The van der Waals surface area contributed by atoms with Crippen LogP contribution in [0.2, 0.25) is 0 Å². The Morgan fingerprint density at radius 3 is 2.62 bits per heavy atom. The molecule has 1 rings (SSSR count). The number of carbonyl (C=O) groups is 1. The summed E-state index contributed by atoms with van der Waals surface area (Å²) in [6.45, 7) is 4.39. The van der Waals surface area contributed by atoms with E-state index < -0.39 is 0 Å². The zero-order chi connectivity index (χ0) is 11.8. The molecule has 3 nitrogen and oxygen atoms in total. The van der Waals surface area contributed by atoms with Crippen LogP contribution < -0.4 is 5.32 Å². The molecule has 0 fully saturated rings. The van der Waals surface area contributed by atoms with Crippen molar-refractivity contribution in [3.8, 4) is 0 Å². The van der Waals surface area contributed by atoms with Gasteiger partial charge in [0.1, 0.15) is 6.29 Å². The molecule has 0 saturated carbocycles. The average molecular weight is 220 g/mol. The van der Waals surface area contributed by atoms with Crippen LogP contribution in [0.3, 0.4) is 0 Å². The first-order chi connectivity index (χ1) is 7.79. The maximum Gasteiger partial charge on any atom is 0.134 e. The second-order valence-corrected chi connectivity index (χ2v) is 3.85. The van der Waals surface area contributed by atoms with Crippen molar-refractivity contribution in [2.24, 2.45) is 0 Å². The van der Waals surface area contributed by atoms with Gasteiger partial charge < -0.3 is 10.1 Å². The maximum absolute atomic E-state index is 10.7. The third kappa shape index (κ3) is 3.76. The lowest BCUT2D eigenvalue weighted by Gasteiger charge is -2.27. The summed E-state index contributed by atoms with van der Waals surface area (Å²) in [5.74, 6) is 0. The fraction of sp³-hybridized carbons (Fsp3) is 0.462. The van der Waals surface area contributed by atoms with Crippen LogP contribution in [0.1, 0.15) is 18.5 Å². The van der Waals surface area contributed by atoms with Gasteiger partial charge in [0.15, 0.2) is 0 Å². The van der Waals surface area contributed by atoms with Crippen molar-refractivity contribution >= 4 is 6.29 Å². The van der Waals surface area contributed by atoms with E-state index >= 15 is 0 Å². The van der Waals surface area contributed by atoms with E-state index in [9.17, 15) is 4.79 Å². The summed E-state index contributed by atoms with van der Waals surface area (Å²) < 4.78 is 0. The van der Waals surface area contributed by atoms with Gasteiger partial charge in [0.2, 0.25) is 0 Å². The molecule has 1 aromatic rings. The van der Waals surface area contributed by atoms with Crippen molar-refractivity contribution < 1.29 is 4.79 Å². The van der Waals surface area contributed by atoms with E-state index in [0.717, 1.165) is 19.4 Å². The molecule has 0 heterocycles. The van der Waals surface area contributed by atoms with Crippen LogP contribution in [0, 0.1) is 0 Å². The Morgan fingerprint density at radius 2 is 2.06 bits per heavy atom. The lowest BCUT2D eigenvalue weighted by Crippen LogP contribution is -2.34. The van der Waals surface area contributed by atoms with E-state index in [1.807, 2.05) is 25.2 Å². The van der Waals surface area contributed by atoms with E-state index in [2.05, 4.69) is 29.3 Å². The smallest absolute Gasteiger partial charge is 0.134 e. The highest BCUT2D eigenvalue weighted by molar-refractivity contribution is 5.52. The van der Waals surface area contributed by atoms with E-state index in [1.54, 1.807) is 0 Å². The molecule has 88 valence electrons. The minimum atomic E-state index is 0.278. The molecule has 0 amide bonds. The minimum Gasteiger partial charge on any atom is -0.318 e. The van der Waals surface area contributed by atoms with Gasteiger partial charge in [-0.1, -0.05) is 30.3 Å². The SMILES string of the molecule is CNCCN(CC=O)C(C)c1ccccc1. The van der Waals surface area contributed by atoms with Gasteiger partial charge in [0.25, 0.3) is 0 Å². The molecule has 16 heavy (non-hydrogen) atoms. The topological polar surface area (TPSA) is 32.3 Å². The summed E-state index contributed by atoms with van der Waals surface area (Å²) in [7, 11) is 1.92. The number of rotatable bonds is 7. The molecule has 0 aromatic heterocycles. The molecule has 0 spiro atoms. The van der Waals surface area contributed by atoms with Gasteiger partial charge in [-0.25, -0.2) is 0 Å². The lowest BCUT2D eigenvalue weighted by atomic mass is 10.1. The number of nitrogens with zero attached hydrogens (tertiary/aromatic N) is 1. The number of likely N-dealkylation sites (N-methyl/N-ethyl adjacent to an activating group) is 1. The standard InChI is InChI=1S/C13H20N2O/c1-12(13-6-4-3-5-7-13)15(10-11-16)9-8-14-2/h3-7,11-12,14H,8-10H2,1-2H3. The van der Waals surface area contributed by atoms with Gasteiger partial charge in [0.05, 0.1) is 6.54 Å². The molecule has 1 atom stereocenters. The summed E-state index contributed by atoms with van der Waals surface area (Å²) in [6.07, 6.45) is 0.967. The predicted octanol–water partition coefficient (Wildman–Crippen LogP) is 1.47. The van der Waals surface area contributed by atoms with E-state index in [1.165, 1.54) is 5.56 Å². The van der Waals surface area contributed by atoms with Crippen LogP contribution in [-0.2, 0) is 4.79 Å². The van der Waals surface area contributed by atoms with Crippen molar-refractivity contribution in [2.45, 2.75) is 13.0 Å². The molecule has 1 unspecified atom stereocenters. The monoisotopic (exact) mass is 220 g/mol. The van der Waals surface area contributed by atoms with Crippen LogP contribution in [0.15, 0.2) is 30.3 Å². The van der Waals surface area contributed by atoms with Crippen LogP contribution >= 0.6 is 0 Å². The highest BCUT2D eigenvalue weighted by Gasteiger charge is 2.13. The number of hydrogen-bond donors (Lipinski definition) is 1. The largest absolute Gasteiger partial charge is 0.318 e. The van der Waals surface area contributed by atoms with Gasteiger partial charge in [-0.3, -0.25) is 4.90 Å². The lowest BCUT2D eigenvalue weighted by molar-refractivity contribution is -0.109. The summed E-state index contributed by atoms with van der Waals surface area (Å²) >= 11 is 0. The molecule has 0 aliphatic heterocycles. The third-order valence-corrected chi connectivity index (χ3v) is 2.79. The van der Waals surface area contributed by atoms with E-state index in [4.69, 9.17) is 0 Å². The highest BCUT2D eigenvalue weighted by atomic mass is 16.1. The summed E-state index contributed by atoms with van der Waals surface area (Å²) in [6, 6.07) is 10.5. The number of hydrogen-bond acceptors (Lipinski definition) is 3. The molecular formula is C13H20N2O. The zero-order valence-corrected chi connectivity index (χ0v) is 10.0. The summed E-state index contributed by atoms with van der Waals surface area (Å²) in [5.41, 5.74) is 1.25. The normalized spacial score (nSPS) is 12.7. The van der Waals surface area contributed by atoms with Crippen LogP contribution in [-0.4, -0.2) is 37.9 Å². The van der Waals surface area contributed by atoms with E-state index in [-0.39, 0.29) is 6.04 Å². The molecule has 0 bridgehead atoms. The van der Waals surface area contributed by atoms with Crippen molar-refractivity contribution in [1.29, 1.82) is 0 Å². The van der Waals surface area contributed by atoms with Crippen molar-refractivity contribution in [3.63, 3.8) is 0 Å². The number of benzene rings is 1. The molecule has 0 aliphatic carbocycles. The predicted molar refractivity (Wildman–Crippen MR) is 66.4 cm³/mol. The first-order valence-corrected chi connectivity index (χ1v) is 5.66. The van der Waals surface area contributed by atoms with E-state index in [0.29, 0.717) is 6.54 Å². The molecule has 0 saturated heterocycles. The first-order valence-electron chi connectivity index (χ1n) is 5.66. The zero-order valence-electron chi connectivity index (χ0n) is 10.0. The van der Waals surface area contributed by atoms with Gasteiger partial charge in [-0.2, -0.15) is 0 Å². The average Bonchev–Trinajstić information content (AvgIpc) is 2.35. The molecule has 0 aliphatic rings. The Balaban J connectivity index is 2.66. The Labute approximate surface area is 97.5 Å². The Hall–Kier alpha value is -1.19. The fourth-order valence-corrected chi connectivity index (χ4v) is 1.74. The highest BCUT2D eigenvalue weighted by Crippen LogP contribution is 2.18. The molecule has 3 heteroatoms. The second-order valence-electron chi connectivity index (χ2n) is 3.85. The van der Waals surface area contributed by atoms with Crippen LogP contribution in [0.4, 0.5) is 0 Å². The fourth-order valence-electron chi connectivity index (χ4n) is 1.74. The van der Waals surface area contributed by atoms with Gasteiger partial charge >= 0.3 is 0 Å². The number of carbonyl (C=O) groups excluding carboxylic acids is 1. The molecule has 1 N–H and O–H groups in total. The first kappa shape index (κ1) is 12.9. The van der Waals surface area contributed by atoms with Crippen LogP contribution in [0.5, 0.6) is 0 Å². The molecular weight excluding hydrogens is 200 g/mol. The molecule has 1 aromatic carbocycles. The third-order valence-electron chi connectivity index (χ3n) is 2.79. The van der Waals surface area contributed by atoms with Crippen molar-refractivity contribution in [2.75, 3.05) is 26.7 Å². The Kier molecular flexibility index (Phi) is 5.75. The van der Waals surface area contributed by atoms with Crippen molar-refractivity contribution in [3.05, 3.63) is 35.9 Å². The Bertz CT molecular complexity index is 300. The summed E-state index contributed by atoms with van der Waals surface area (Å²) in [4.78, 5) is 12.8. The maximum atomic E-state index is 10.7. The van der Waals surface area contributed by atoms with Gasteiger partial charge in [-0.05, 0) is 19.5 Å². The Morgan fingerprint density at radius 1 is 1.38 bits per heavy atom. The van der Waals surface area contributed by atoms with Gasteiger partial charge in [0, 0.05) is 19.1 Å². The second kappa shape index (κ2) is 7.14. The quantitative estimate of drug-likeness (QED) is 0.706. The summed E-state index contributed by atoms with van der Waals surface area (Å²) in [5, 5.41) is 3.11. The minimum absolute atomic E-state index is 0.278. The van der Waals surface area contributed by atoms with Crippen LogP contribution in [0.25, 0.3) is 0 Å². The number of aldehydes is 1.